The van der Waals surface area contributed by atoms with Crippen LogP contribution in [0.15, 0.2) is 18.2 Å². The van der Waals surface area contributed by atoms with Gasteiger partial charge in [-0.15, -0.1) is 0 Å². The molecule has 3 N–H and O–H groups in total. The smallest absolute Gasteiger partial charge is 0.237 e. The van der Waals surface area contributed by atoms with E-state index in [1.165, 1.54) is 12.1 Å². The van der Waals surface area contributed by atoms with Gasteiger partial charge >= 0.3 is 0 Å². The van der Waals surface area contributed by atoms with Crippen molar-refractivity contribution in [1.29, 1.82) is 0 Å². The molecule has 1 aliphatic carbocycles. The fourth-order valence-corrected chi connectivity index (χ4v) is 2.80. The van der Waals surface area contributed by atoms with Crippen LogP contribution in [0.4, 0.5) is 10.1 Å². The van der Waals surface area contributed by atoms with E-state index in [0.717, 1.165) is 12.8 Å². The van der Waals surface area contributed by atoms with Crippen LogP contribution in [0, 0.1) is 11.2 Å². The fourth-order valence-electron chi connectivity index (χ4n) is 2.39. The Morgan fingerprint density at radius 2 is 2.05 bits per heavy atom. The van der Waals surface area contributed by atoms with Gasteiger partial charge in [-0.05, 0) is 31.0 Å². The van der Waals surface area contributed by atoms with Gasteiger partial charge in [-0.25, -0.2) is 4.39 Å². The molecule has 0 heterocycles. The second-order valence-corrected chi connectivity index (χ2v) is 5.58. The maximum atomic E-state index is 13.3. The molecule has 2 rings (SSSR count). The third-order valence-corrected chi connectivity index (χ3v) is 4.24. The van der Waals surface area contributed by atoms with E-state index >= 15 is 0 Å². The van der Waals surface area contributed by atoms with E-state index in [0.29, 0.717) is 18.5 Å². The van der Waals surface area contributed by atoms with E-state index in [9.17, 15) is 9.18 Å². The third-order valence-electron chi connectivity index (χ3n) is 3.54. The predicted molar refractivity (Wildman–Crippen MR) is 77.7 cm³/mol. The van der Waals surface area contributed by atoms with Gasteiger partial charge in [0, 0.05) is 5.69 Å². The second kappa shape index (κ2) is 5.43. The van der Waals surface area contributed by atoms with Crippen molar-refractivity contribution >= 4 is 40.4 Å². The zero-order valence-corrected chi connectivity index (χ0v) is 11.8. The van der Waals surface area contributed by atoms with E-state index < -0.39 is 11.2 Å². The van der Waals surface area contributed by atoms with E-state index in [2.05, 4.69) is 5.32 Å². The lowest BCUT2D eigenvalue weighted by atomic mass is 9.85. The monoisotopic (exact) mass is 300 g/mol. The summed E-state index contributed by atoms with van der Waals surface area (Å²) in [6.07, 6.45) is 3.12. The summed E-state index contributed by atoms with van der Waals surface area (Å²) in [5.41, 5.74) is 5.27. The quantitative estimate of drug-likeness (QED) is 0.842. The van der Waals surface area contributed by atoms with Gasteiger partial charge in [0.1, 0.15) is 5.82 Å². The van der Waals surface area contributed by atoms with Gasteiger partial charge in [0.15, 0.2) is 0 Å². The van der Waals surface area contributed by atoms with Crippen LogP contribution >= 0.6 is 23.8 Å². The number of carbonyl (C=O) groups is 1. The van der Waals surface area contributed by atoms with Crippen molar-refractivity contribution in [1.82, 2.24) is 0 Å². The average Bonchev–Trinajstić information content (AvgIpc) is 2.84. The molecule has 3 nitrogen and oxygen atoms in total. The highest BCUT2D eigenvalue weighted by molar-refractivity contribution is 7.80. The Hall–Kier alpha value is -1.20. The van der Waals surface area contributed by atoms with Crippen molar-refractivity contribution in [3.05, 3.63) is 29.0 Å². The minimum Gasteiger partial charge on any atom is -0.392 e. The first kappa shape index (κ1) is 14.2. The summed E-state index contributed by atoms with van der Waals surface area (Å²) in [6.45, 7) is 0. The molecule has 102 valence electrons. The summed E-state index contributed by atoms with van der Waals surface area (Å²) < 4.78 is 13.3. The van der Waals surface area contributed by atoms with Gasteiger partial charge < -0.3 is 11.1 Å². The van der Waals surface area contributed by atoms with Gasteiger partial charge in [-0.2, -0.15) is 0 Å². The number of benzene rings is 1. The first-order valence-electron chi connectivity index (χ1n) is 6.02. The number of nitrogens with two attached hydrogens (primary N) is 1. The Morgan fingerprint density at radius 1 is 1.42 bits per heavy atom. The number of nitrogens with one attached hydrogen (secondary N) is 1. The number of amides is 1. The second-order valence-electron chi connectivity index (χ2n) is 4.74. The molecular weight excluding hydrogens is 287 g/mol. The van der Waals surface area contributed by atoms with Crippen LogP contribution in [0.25, 0.3) is 0 Å². The van der Waals surface area contributed by atoms with Crippen LogP contribution in [-0.4, -0.2) is 10.9 Å². The molecule has 6 heteroatoms. The molecule has 0 atom stereocenters. The molecule has 1 saturated carbocycles. The molecule has 0 bridgehead atoms. The fraction of sp³-hybridized carbons (Fsp3) is 0.385. The molecule has 1 aliphatic rings. The largest absolute Gasteiger partial charge is 0.392 e. The first-order chi connectivity index (χ1) is 8.95. The van der Waals surface area contributed by atoms with E-state index in [1.54, 1.807) is 6.07 Å². The number of thiocarbonyl (C=S) groups is 1. The van der Waals surface area contributed by atoms with E-state index in [1.807, 2.05) is 0 Å². The van der Waals surface area contributed by atoms with Crippen molar-refractivity contribution in [2.75, 3.05) is 5.32 Å². The van der Waals surface area contributed by atoms with Crippen LogP contribution in [0.1, 0.15) is 25.7 Å². The average molecular weight is 301 g/mol. The molecule has 0 spiro atoms. The molecule has 0 saturated heterocycles. The minimum absolute atomic E-state index is 0.0166. The van der Waals surface area contributed by atoms with E-state index in [4.69, 9.17) is 29.6 Å². The number of hydrogen-bond donors (Lipinski definition) is 2. The highest BCUT2D eigenvalue weighted by Gasteiger charge is 2.43. The number of halogens is 2. The summed E-state index contributed by atoms with van der Waals surface area (Å²) in [6, 6.07) is 4.13. The van der Waals surface area contributed by atoms with Crippen LogP contribution in [0.3, 0.4) is 0 Å². The maximum absolute atomic E-state index is 13.3. The van der Waals surface area contributed by atoms with Crippen LogP contribution in [-0.2, 0) is 4.79 Å². The number of anilines is 1. The molecular formula is C13H14ClFN2OS. The SMILES string of the molecule is NC(=S)C1(C(=O)Nc2ccc(Cl)c(F)c2)CCCC1. The minimum atomic E-state index is -0.800. The molecule has 0 unspecified atom stereocenters. The van der Waals surface area contributed by atoms with Crippen molar-refractivity contribution in [2.24, 2.45) is 11.1 Å². The van der Waals surface area contributed by atoms with Gasteiger partial charge in [0.25, 0.3) is 0 Å². The lowest BCUT2D eigenvalue weighted by Crippen LogP contribution is -2.43. The van der Waals surface area contributed by atoms with Crippen molar-refractivity contribution in [2.45, 2.75) is 25.7 Å². The molecule has 0 aromatic heterocycles. The van der Waals surface area contributed by atoms with E-state index in [-0.39, 0.29) is 15.9 Å². The van der Waals surface area contributed by atoms with Gasteiger partial charge in [-0.3, -0.25) is 4.79 Å². The van der Waals surface area contributed by atoms with Crippen molar-refractivity contribution in [3.63, 3.8) is 0 Å². The van der Waals surface area contributed by atoms with Gasteiger partial charge in [0.2, 0.25) is 5.91 Å². The molecule has 0 aliphatic heterocycles. The number of carbonyl (C=O) groups excluding carboxylic acids is 1. The number of rotatable bonds is 3. The summed E-state index contributed by atoms with van der Waals surface area (Å²) in [5, 5.41) is 2.69. The van der Waals surface area contributed by atoms with Crippen molar-refractivity contribution < 1.29 is 9.18 Å². The lowest BCUT2D eigenvalue weighted by Gasteiger charge is -2.26. The molecule has 1 aromatic carbocycles. The molecule has 1 amide bonds. The zero-order chi connectivity index (χ0) is 14.0. The molecule has 0 radical (unpaired) electrons. The van der Waals surface area contributed by atoms with Gasteiger partial charge in [-0.1, -0.05) is 36.7 Å². The Bertz CT molecular complexity index is 529. The van der Waals surface area contributed by atoms with Gasteiger partial charge in [0.05, 0.1) is 15.4 Å². The molecule has 1 aromatic rings. The standard InChI is InChI=1S/C13H14ClFN2OS/c14-9-4-3-8(7-10(9)15)17-12(18)13(11(16)19)5-1-2-6-13/h3-4,7H,1-2,5-6H2,(H2,16,19)(H,17,18). The third kappa shape index (κ3) is 2.72. The normalized spacial score (nSPS) is 17.2. The predicted octanol–water partition coefficient (Wildman–Crippen LogP) is 3.26. The highest BCUT2D eigenvalue weighted by atomic mass is 35.5. The summed E-state index contributed by atoms with van der Waals surface area (Å²) in [4.78, 5) is 12.5. The highest BCUT2D eigenvalue weighted by Crippen LogP contribution is 2.39. The van der Waals surface area contributed by atoms with Crippen LogP contribution < -0.4 is 11.1 Å². The molecule has 19 heavy (non-hydrogen) atoms. The topological polar surface area (TPSA) is 55.1 Å². The maximum Gasteiger partial charge on any atom is 0.237 e. The zero-order valence-electron chi connectivity index (χ0n) is 10.2. The van der Waals surface area contributed by atoms with Crippen LogP contribution in [0.2, 0.25) is 5.02 Å². The number of hydrogen-bond acceptors (Lipinski definition) is 2. The summed E-state index contributed by atoms with van der Waals surface area (Å²) in [7, 11) is 0. The summed E-state index contributed by atoms with van der Waals surface area (Å²) in [5.74, 6) is -0.838. The Kier molecular flexibility index (Phi) is 4.06. The summed E-state index contributed by atoms with van der Waals surface area (Å²) >= 11 is 10.6. The van der Waals surface area contributed by atoms with Crippen LogP contribution in [0.5, 0.6) is 0 Å². The Balaban J connectivity index is 2.20. The Labute approximate surface area is 121 Å². The Morgan fingerprint density at radius 3 is 2.58 bits per heavy atom. The first-order valence-corrected chi connectivity index (χ1v) is 6.81. The molecule has 1 fully saturated rings. The van der Waals surface area contributed by atoms with Crippen molar-refractivity contribution in [3.8, 4) is 0 Å². The lowest BCUT2D eigenvalue weighted by molar-refractivity contribution is -0.122.